The summed E-state index contributed by atoms with van der Waals surface area (Å²) in [5.74, 6) is 0.817. The third kappa shape index (κ3) is 5.16. The van der Waals surface area contributed by atoms with Crippen LogP contribution in [0.3, 0.4) is 0 Å². The molecule has 2 aromatic rings. The van der Waals surface area contributed by atoms with Gasteiger partial charge in [-0.1, -0.05) is 12.1 Å². The van der Waals surface area contributed by atoms with Crippen molar-refractivity contribution in [2.75, 3.05) is 13.2 Å². The Morgan fingerprint density at radius 3 is 2.57 bits per heavy atom. The molecule has 0 spiro atoms. The van der Waals surface area contributed by atoms with Crippen molar-refractivity contribution in [2.45, 2.75) is 32.9 Å². The number of aliphatic hydroxyl groups is 1. The maximum Gasteiger partial charge on any atom is 0.119 e. The van der Waals surface area contributed by atoms with Crippen molar-refractivity contribution < 1.29 is 9.84 Å². The van der Waals surface area contributed by atoms with E-state index in [0.717, 1.165) is 5.75 Å². The summed E-state index contributed by atoms with van der Waals surface area (Å²) >= 11 is 1.72. The molecule has 0 aliphatic carbocycles. The Hall–Kier alpha value is -1.36. The summed E-state index contributed by atoms with van der Waals surface area (Å²) < 4.78 is 5.67. The number of rotatable bonds is 7. The van der Waals surface area contributed by atoms with Crippen LogP contribution in [0.2, 0.25) is 0 Å². The van der Waals surface area contributed by atoms with Gasteiger partial charge in [0, 0.05) is 17.5 Å². The number of aryl methyl sites for hydroxylation is 2. The van der Waals surface area contributed by atoms with E-state index in [2.05, 4.69) is 29.8 Å². The third-order valence-electron chi connectivity index (χ3n) is 3.27. The summed E-state index contributed by atoms with van der Waals surface area (Å²) in [4.78, 5) is 1.28. The molecule has 2 atom stereocenters. The molecule has 21 heavy (non-hydrogen) atoms. The van der Waals surface area contributed by atoms with E-state index in [9.17, 15) is 5.11 Å². The van der Waals surface area contributed by atoms with Gasteiger partial charge >= 0.3 is 0 Å². The van der Waals surface area contributed by atoms with Gasteiger partial charge in [0.15, 0.2) is 0 Å². The molecule has 2 rings (SSSR count). The van der Waals surface area contributed by atoms with E-state index in [0.29, 0.717) is 13.2 Å². The topological polar surface area (TPSA) is 41.5 Å². The molecule has 1 unspecified atom stereocenters. The Labute approximate surface area is 130 Å². The van der Waals surface area contributed by atoms with E-state index in [1.165, 1.54) is 16.0 Å². The number of aliphatic hydroxyl groups excluding tert-OH is 1. The van der Waals surface area contributed by atoms with E-state index in [4.69, 9.17) is 4.74 Å². The maximum absolute atomic E-state index is 10.0. The predicted molar refractivity (Wildman–Crippen MR) is 88.2 cm³/mol. The molecule has 1 aromatic heterocycles. The van der Waals surface area contributed by atoms with Gasteiger partial charge in [0.2, 0.25) is 0 Å². The Morgan fingerprint density at radius 2 is 1.95 bits per heavy atom. The van der Waals surface area contributed by atoms with E-state index < -0.39 is 6.10 Å². The third-order valence-corrected chi connectivity index (χ3v) is 4.32. The number of nitrogens with one attached hydrogen (secondary N) is 1. The fourth-order valence-corrected chi connectivity index (χ4v) is 2.98. The first-order chi connectivity index (χ1) is 10.0. The summed E-state index contributed by atoms with van der Waals surface area (Å²) in [6.45, 7) is 7.00. The lowest BCUT2D eigenvalue weighted by molar-refractivity contribution is 0.104. The normalized spacial score (nSPS) is 13.9. The number of hydrogen-bond donors (Lipinski definition) is 2. The van der Waals surface area contributed by atoms with E-state index in [1.54, 1.807) is 11.3 Å². The largest absolute Gasteiger partial charge is 0.491 e. The number of ether oxygens (including phenoxy) is 1. The average Bonchev–Trinajstić information content (AvgIpc) is 2.95. The van der Waals surface area contributed by atoms with Crippen LogP contribution in [0.4, 0.5) is 0 Å². The van der Waals surface area contributed by atoms with E-state index >= 15 is 0 Å². The fraction of sp³-hybridized carbons (Fsp3) is 0.412. The minimum Gasteiger partial charge on any atom is -0.491 e. The molecule has 2 N–H and O–H groups in total. The van der Waals surface area contributed by atoms with Crippen LogP contribution in [0, 0.1) is 13.8 Å². The first-order valence-electron chi connectivity index (χ1n) is 7.20. The highest BCUT2D eigenvalue weighted by atomic mass is 32.1. The van der Waals surface area contributed by atoms with E-state index in [1.807, 2.05) is 32.0 Å². The average molecular weight is 305 g/mol. The summed E-state index contributed by atoms with van der Waals surface area (Å²) in [6.07, 6.45) is -0.520. The van der Waals surface area contributed by atoms with Gasteiger partial charge in [-0.05, 0) is 55.5 Å². The zero-order valence-electron chi connectivity index (χ0n) is 12.8. The van der Waals surface area contributed by atoms with Crippen LogP contribution in [0.15, 0.2) is 35.7 Å². The Morgan fingerprint density at radius 1 is 1.24 bits per heavy atom. The Kier molecular flexibility index (Phi) is 5.79. The molecule has 0 saturated carbocycles. The molecule has 4 heteroatoms. The van der Waals surface area contributed by atoms with Gasteiger partial charge in [-0.25, -0.2) is 0 Å². The standard InChI is InChI=1S/C17H23NO2S/c1-12-7-13(2)9-16(8-12)20-11-15(19)10-18-14(3)17-5-4-6-21-17/h4-9,14-15,18-19H,10-11H2,1-3H3/t14-,15?/m0/s1. The van der Waals surface area contributed by atoms with E-state index in [-0.39, 0.29) is 6.04 Å². The van der Waals surface area contributed by atoms with Gasteiger partial charge in [0.1, 0.15) is 18.5 Å². The highest BCUT2D eigenvalue weighted by molar-refractivity contribution is 7.10. The SMILES string of the molecule is Cc1cc(C)cc(OCC(O)CN[C@@H](C)c2cccs2)c1. The van der Waals surface area contributed by atoms with Crippen molar-refractivity contribution in [3.05, 3.63) is 51.7 Å². The van der Waals surface area contributed by atoms with Gasteiger partial charge < -0.3 is 15.2 Å². The number of thiophene rings is 1. The zero-order chi connectivity index (χ0) is 15.2. The highest BCUT2D eigenvalue weighted by Gasteiger charge is 2.10. The second-order valence-electron chi connectivity index (χ2n) is 5.43. The highest BCUT2D eigenvalue weighted by Crippen LogP contribution is 2.18. The van der Waals surface area contributed by atoms with Crippen molar-refractivity contribution in [2.24, 2.45) is 0 Å². The molecule has 0 fully saturated rings. The van der Waals surface area contributed by atoms with Crippen molar-refractivity contribution in [1.29, 1.82) is 0 Å². The summed E-state index contributed by atoms with van der Waals surface area (Å²) in [5, 5.41) is 15.4. The lowest BCUT2D eigenvalue weighted by atomic mass is 10.1. The van der Waals surface area contributed by atoms with Crippen molar-refractivity contribution in [3.8, 4) is 5.75 Å². The van der Waals surface area contributed by atoms with Gasteiger partial charge in [-0.3, -0.25) is 0 Å². The van der Waals surface area contributed by atoms with Crippen LogP contribution in [-0.4, -0.2) is 24.4 Å². The second kappa shape index (κ2) is 7.59. The fourth-order valence-electron chi connectivity index (χ4n) is 2.22. The van der Waals surface area contributed by atoms with Crippen LogP contribution in [0.25, 0.3) is 0 Å². The molecule has 0 aliphatic rings. The van der Waals surface area contributed by atoms with Crippen molar-refractivity contribution in [1.82, 2.24) is 5.32 Å². The summed E-state index contributed by atoms with van der Waals surface area (Å²) in [5.41, 5.74) is 2.34. The lowest BCUT2D eigenvalue weighted by Crippen LogP contribution is -2.32. The summed E-state index contributed by atoms with van der Waals surface area (Å²) in [7, 11) is 0. The first-order valence-corrected chi connectivity index (χ1v) is 8.08. The molecule has 1 aromatic carbocycles. The molecule has 3 nitrogen and oxygen atoms in total. The maximum atomic E-state index is 10.0. The number of benzene rings is 1. The second-order valence-corrected chi connectivity index (χ2v) is 6.41. The van der Waals surface area contributed by atoms with Crippen molar-refractivity contribution >= 4 is 11.3 Å². The van der Waals surface area contributed by atoms with Crippen LogP contribution in [0.5, 0.6) is 5.75 Å². The monoisotopic (exact) mass is 305 g/mol. The zero-order valence-corrected chi connectivity index (χ0v) is 13.6. The summed E-state index contributed by atoms with van der Waals surface area (Å²) in [6, 6.07) is 10.5. The molecule has 1 heterocycles. The number of hydrogen-bond acceptors (Lipinski definition) is 4. The molecule has 0 saturated heterocycles. The first kappa shape index (κ1) is 16.0. The van der Waals surface area contributed by atoms with Crippen LogP contribution >= 0.6 is 11.3 Å². The quantitative estimate of drug-likeness (QED) is 0.823. The van der Waals surface area contributed by atoms with Crippen LogP contribution in [0.1, 0.15) is 29.0 Å². The molecular formula is C17H23NO2S. The minimum atomic E-state index is -0.520. The van der Waals surface area contributed by atoms with Crippen LogP contribution in [-0.2, 0) is 0 Å². The van der Waals surface area contributed by atoms with Crippen molar-refractivity contribution in [3.63, 3.8) is 0 Å². The van der Waals surface area contributed by atoms with Crippen LogP contribution < -0.4 is 10.1 Å². The smallest absolute Gasteiger partial charge is 0.119 e. The van der Waals surface area contributed by atoms with Gasteiger partial charge in [0.25, 0.3) is 0 Å². The molecule has 0 aliphatic heterocycles. The molecule has 114 valence electrons. The Bertz CT molecular complexity index is 534. The molecule has 0 radical (unpaired) electrons. The Balaban J connectivity index is 1.75. The minimum absolute atomic E-state index is 0.251. The molecule has 0 amide bonds. The molecule has 0 bridgehead atoms. The molecular weight excluding hydrogens is 282 g/mol. The lowest BCUT2D eigenvalue weighted by Gasteiger charge is -2.17. The van der Waals surface area contributed by atoms with Gasteiger partial charge in [0.05, 0.1) is 0 Å². The van der Waals surface area contributed by atoms with Gasteiger partial charge in [-0.15, -0.1) is 11.3 Å². The van der Waals surface area contributed by atoms with Gasteiger partial charge in [-0.2, -0.15) is 0 Å². The predicted octanol–water partition coefficient (Wildman–Crippen LogP) is 3.46.